The molecule has 1 aliphatic rings. The number of hydrogen-bond donors (Lipinski definition) is 1. The fraction of sp³-hybridized carbons (Fsp3) is 0.464. The fourth-order valence-electron chi connectivity index (χ4n) is 4.54. The Kier molecular flexibility index (Phi) is 9.48. The second-order valence-electron chi connectivity index (χ2n) is 9.90. The van der Waals surface area contributed by atoms with Gasteiger partial charge in [0.05, 0.1) is 11.9 Å². The van der Waals surface area contributed by atoms with Gasteiger partial charge in [-0.25, -0.2) is 8.42 Å². The molecule has 1 atom stereocenters. The summed E-state index contributed by atoms with van der Waals surface area (Å²) in [6, 6.07) is 13.1. The Morgan fingerprint density at radius 3 is 2.27 bits per heavy atom. The topological polar surface area (TPSA) is 104 Å². The fourth-order valence-corrected chi connectivity index (χ4v) is 5.38. The number of Topliss-reactive ketones (excluding diaryl/α,β-unsaturated/α-hetero) is 1. The van der Waals surface area contributed by atoms with Crippen LogP contribution in [0.3, 0.4) is 0 Å². The highest BCUT2D eigenvalue weighted by molar-refractivity contribution is 7.92. The number of rotatable bonds is 10. The van der Waals surface area contributed by atoms with E-state index < -0.39 is 28.5 Å². The van der Waals surface area contributed by atoms with E-state index in [-0.39, 0.29) is 30.0 Å². The van der Waals surface area contributed by atoms with Crippen molar-refractivity contribution in [2.45, 2.75) is 71.5 Å². The molecule has 2 amide bonds. The summed E-state index contributed by atoms with van der Waals surface area (Å²) in [5.41, 5.74) is 2.47. The molecule has 0 heterocycles. The highest BCUT2D eigenvalue weighted by Crippen LogP contribution is 2.22. The van der Waals surface area contributed by atoms with Gasteiger partial charge in [0.15, 0.2) is 5.78 Å². The van der Waals surface area contributed by atoms with E-state index in [1.165, 1.54) is 17.9 Å². The van der Waals surface area contributed by atoms with Crippen molar-refractivity contribution in [3.63, 3.8) is 0 Å². The molecule has 37 heavy (non-hydrogen) atoms. The molecule has 1 N–H and O–H groups in total. The maximum Gasteiger partial charge on any atom is 0.244 e. The molecule has 200 valence electrons. The van der Waals surface area contributed by atoms with Gasteiger partial charge in [-0.2, -0.15) is 0 Å². The zero-order valence-electron chi connectivity index (χ0n) is 22.1. The lowest BCUT2D eigenvalue weighted by molar-refractivity contribution is -0.139. The second-order valence-corrected chi connectivity index (χ2v) is 11.8. The molecule has 9 heteroatoms. The van der Waals surface area contributed by atoms with Gasteiger partial charge in [-0.05, 0) is 51.3 Å². The van der Waals surface area contributed by atoms with Gasteiger partial charge in [-0.15, -0.1) is 0 Å². The number of carbonyl (C=O) groups is 3. The third-order valence-corrected chi connectivity index (χ3v) is 7.95. The summed E-state index contributed by atoms with van der Waals surface area (Å²) in [4.78, 5) is 40.2. The van der Waals surface area contributed by atoms with Gasteiger partial charge in [0.2, 0.25) is 21.8 Å². The van der Waals surface area contributed by atoms with Crippen LogP contribution in [-0.2, 0) is 26.2 Å². The Labute approximate surface area is 220 Å². The molecule has 2 aromatic carbocycles. The molecule has 0 aliphatic heterocycles. The van der Waals surface area contributed by atoms with Crippen LogP contribution in [0.15, 0.2) is 48.5 Å². The minimum atomic E-state index is -3.86. The van der Waals surface area contributed by atoms with Crippen LogP contribution in [0.25, 0.3) is 0 Å². The first-order valence-corrected chi connectivity index (χ1v) is 14.5. The normalized spacial score (nSPS) is 15.0. The zero-order chi connectivity index (χ0) is 27.2. The SMILES string of the molecule is CC(=O)c1cccc(N(CC(=O)N(Cc2ccc(C)cc2)C(C)C(=O)NC2CCCCC2)S(C)(=O)=O)c1. The monoisotopic (exact) mass is 527 g/mol. The third-order valence-electron chi connectivity index (χ3n) is 6.81. The highest BCUT2D eigenvalue weighted by atomic mass is 32.2. The molecule has 0 spiro atoms. The van der Waals surface area contributed by atoms with Crippen LogP contribution in [0.4, 0.5) is 5.69 Å². The molecule has 2 aromatic rings. The van der Waals surface area contributed by atoms with Crippen LogP contribution in [0.5, 0.6) is 0 Å². The van der Waals surface area contributed by atoms with Gasteiger partial charge in [0.25, 0.3) is 0 Å². The number of benzene rings is 2. The number of nitrogens with zero attached hydrogens (tertiary/aromatic N) is 2. The van der Waals surface area contributed by atoms with E-state index in [4.69, 9.17) is 0 Å². The zero-order valence-corrected chi connectivity index (χ0v) is 22.9. The molecule has 0 aromatic heterocycles. The molecule has 8 nitrogen and oxygen atoms in total. The minimum Gasteiger partial charge on any atom is -0.352 e. The Bertz CT molecular complexity index is 1220. The van der Waals surface area contributed by atoms with Gasteiger partial charge >= 0.3 is 0 Å². The van der Waals surface area contributed by atoms with Crippen LogP contribution < -0.4 is 9.62 Å². The Balaban J connectivity index is 1.89. The molecular weight excluding hydrogens is 490 g/mol. The summed E-state index contributed by atoms with van der Waals surface area (Å²) in [6.45, 7) is 4.69. The molecule has 0 saturated heterocycles. The van der Waals surface area contributed by atoms with Crippen molar-refractivity contribution in [2.75, 3.05) is 17.1 Å². The number of aryl methyl sites for hydroxylation is 1. The molecule has 0 bridgehead atoms. The van der Waals surface area contributed by atoms with E-state index in [2.05, 4.69) is 5.32 Å². The first-order valence-electron chi connectivity index (χ1n) is 12.7. The molecule has 1 fully saturated rings. The van der Waals surface area contributed by atoms with E-state index in [0.29, 0.717) is 5.56 Å². The van der Waals surface area contributed by atoms with Gasteiger partial charge in [0.1, 0.15) is 12.6 Å². The summed E-state index contributed by atoms with van der Waals surface area (Å²) in [7, 11) is -3.86. The van der Waals surface area contributed by atoms with Gasteiger partial charge in [0, 0.05) is 18.2 Å². The van der Waals surface area contributed by atoms with Crippen molar-refractivity contribution < 1.29 is 22.8 Å². The lowest BCUT2D eigenvalue weighted by Gasteiger charge is -2.33. The molecular formula is C28H37N3O5S. The van der Waals surface area contributed by atoms with Crippen molar-refractivity contribution in [1.29, 1.82) is 0 Å². The predicted molar refractivity (Wildman–Crippen MR) is 145 cm³/mol. The Morgan fingerprint density at radius 1 is 1.03 bits per heavy atom. The lowest BCUT2D eigenvalue weighted by atomic mass is 9.95. The van der Waals surface area contributed by atoms with E-state index in [1.807, 2.05) is 31.2 Å². The summed E-state index contributed by atoms with van der Waals surface area (Å²) < 4.78 is 26.4. The van der Waals surface area contributed by atoms with Crippen molar-refractivity contribution in [3.8, 4) is 0 Å². The number of carbonyl (C=O) groups excluding carboxylic acids is 3. The molecule has 3 rings (SSSR count). The Hall–Kier alpha value is -3.20. The summed E-state index contributed by atoms with van der Waals surface area (Å²) in [5.74, 6) is -0.974. The molecule has 0 radical (unpaired) electrons. The van der Waals surface area contributed by atoms with E-state index in [1.54, 1.807) is 25.1 Å². The summed E-state index contributed by atoms with van der Waals surface area (Å²) in [6.07, 6.45) is 6.13. The average molecular weight is 528 g/mol. The van der Waals surface area contributed by atoms with Crippen LogP contribution in [-0.4, -0.2) is 55.8 Å². The van der Waals surface area contributed by atoms with Gasteiger partial charge < -0.3 is 10.2 Å². The van der Waals surface area contributed by atoms with Crippen LogP contribution >= 0.6 is 0 Å². The van der Waals surface area contributed by atoms with Crippen molar-refractivity contribution in [1.82, 2.24) is 10.2 Å². The van der Waals surface area contributed by atoms with E-state index >= 15 is 0 Å². The van der Waals surface area contributed by atoms with Crippen LogP contribution in [0, 0.1) is 6.92 Å². The second kappa shape index (κ2) is 12.4. The van der Waals surface area contributed by atoms with Crippen molar-refractivity contribution >= 4 is 33.3 Å². The number of sulfonamides is 1. The summed E-state index contributed by atoms with van der Waals surface area (Å²) in [5, 5.41) is 3.08. The average Bonchev–Trinajstić information content (AvgIpc) is 2.86. The first kappa shape index (κ1) is 28.4. The molecule has 1 unspecified atom stereocenters. The highest BCUT2D eigenvalue weighted by Gasteiger charge is 2.31. The smallest absolute Gasteiger partial charge is 0.244 e. The van der Waals surface area contributed by atoms with Crippen LogP contribution in [0.2, 0.25) is 0 Å². The minimum absolute atomic E-state index is 0.0851. The van der Waals surface area contributed by atoms with Gasteiger partial charge in [-0.1, -0.05) is 61.2 Å². The molecule has 1 saturated carbocycles. The van der Waals surface area contributed by atoms with Gasteiger partial charge in [-0.3, -0.25) is 18.7 Å². The quantitative estimate of drug-likeness (QED) is 0.473. The number of nitrogens with one attached hydrogen (secondary N) is 1. The van der Waals surface area contributed by atoms with Crippen LogP contribution in [0.1, 0.15) is 67.4 Å². The standard InChI is InChI=1S/C28H37N3O5S/c1-20-13-15-23(16-14-20)18-30(21(2)28(34)29-25-10-6-5-7-11-25)27(33)19-31(37(4,35)36)26-12-8-9-24(17-26)22(3)32/h8-9,12-17,21,25H,5-7,10-11,18-19H2,1-4H3,(H,29,34). The first-order chi connectivity index (χ1) is 17.5. The predicted octanol–water partition coefficient (Wildman–Crippen LogP) is 3.83. The maximum absolute atomic E-state index is 13.7. The summed E-state index contributed by atoms with van der Waals surface area (Å²) >= 11 is 0. The number of anilines is 1. The van der Waals surface area contributed by atoms with Crippen molar-refractivity contribution in [3.05, 3.63) is 65.2 Å². The Morgan fingerprint density at radius 2 is 1.68 bits per heavy atom. The van der Waals surface area contributed by atoms with E-state index in [9.17, 15) is 22.8 Å². The largest absolute Gasteiger partial charge is 0.352 e. The third kappa shape index (κ3) is 7.89. The number of hydrogen-bond acceptors (Lipinski definition) is 5. The number of ketones is 1. The van der Waals surface area contributed by atoms with E-state index in [0.717, 1.165) is 53.8 Å². The number of amides is 2. The van der Waals surface area contributed by atoms with Crippen molar-refractivity contribution in [2.24, 2.45) is 0 Å². The molecule has 1 aliphatic carbocycles. The maximum atomic E-state index is 13.7. The lowest BCUT2D eigenvalue weighted by Crippen LogP contribution is -2.53.